The van der Waals surface area contributed by atoms with Crippen LogP contribution in [0, 0.1) is 0 Å². The maximum atomic E-state index is 10.4. The number of fused-ring (bicyclic) bond motifs is 1. The molecule has 4 rings (SSSR count). The minimum Gasteiger partial charge on any atom is -0.394 e. The summed E-state index contributed by atoms with van der Waals surface area (Å²) in [5, 5.41) is 35.9. The molecule has 12 heteroatoms. The number of hydrogen-bond donors (Lipinski definition) is 5. The number of thiophene rings is 1. The smallest absolute Gasteiger partial charge is 0.228 e. The number of hydrogen-bond acceptors (Lipinski definition) is 11. The third kappa shape index (κ3) is 3.13. The third-order valence-electron chi connectivity index (χ3n) is 4.18. The molecule has 0 radical (unpaired) electrons. The molecule has 1 fully saturated rings. The van der Waals surface area contributed by atoms with Gasteiger partial charge in [-0.25, -0.2) is 20.4 Å². The van der Waals surface area contributed by atoms with Gasteiger partial charge in [-0.05, 0) is 11.4 Å². The number of nitrogens with two attached hydrogens (primary N) is 1. The average Bonchev–Trinajstić information content (AvgIpc) is 3.36. The molecule has 1 aliphatic heterocycles. The van der Waals surface area contributed by atoms with Gasteiger partial charge in [0.05, 0.1) is 12.8 Å². The van der Waals surface area contributed by atoms with Gasteiger partial charge in [0, 0.05) is 4.88 Å². The predicted octanol–water partition coefficient (Wildman–Crippen LogP) is -0.473. The van der Waals surface area contributed by atoms with Crippen molar-refractivity contribution in [3.63, 3.8) is 0 Å². The summed E-state index contributed by atoms with van der Waals surface area (Å²) in [5.41, 5.74) is 9.25. The summed E-state index contributed by atoms with van der Waals surface area (Å²) in [6, 6.07) is 3.80. The summed E-state index contributed by atoms with van der Waals surface area (Å²) in [6.07, 6.45) is -1.69. The summed E-state index contributed by atoms with van der Waals surface area (Å²) in [5.74, 6) is 0.343. The van der Waals surface area contributed by atoms with E-state index in [1.54, 1.807) is 6.21 Å². The first-order valence-corrected chi connectivity index (χ1v) is 8.91. The summed E-state index contributed by atoms with van der Waals surface area (Å²) in [6.45, 7) is -0.447. The molecule has 11 nitrogen and oxygen atoms in total. The van der Waals surface area contributed by atoms with E-state index in [0.29, 0.717) is 11.2 Å². The number of aromatic nitrogens is 4. The molecule has 0 saturated carbocycles. The highest BCUT2D eigenvalue weighted by Crippen LogP contribution is 2.35. The largest absolute Gasteiger partial charge is 0.394 e. The molecule has 0 unspecified atom stereocenters. The van der Waals surface area contributed by atoms with Crippen LogP contribution >= 0.6 is 11.3 Å². The lowest BCUT2D eigenvalue weighted by atomic mass is 10.1. The first kappa shape index (κ1) is 17.8. The Bertz CT molecular complexity index is 961. The molecule has 142 valence electrons. The lowest BCUT2D eigenvalue weighted by Gasteiger charge is -2.18. The summed E-state index contributed by atoms with van der Waals surface area (Å²) < 4.78 is 7.04. The Labute approximate surface area is 156 Å². The average molecular weight is 391 g/mol. The predicted molar refractivity (Wildman–Crippen MR) is 98.3 cm³/mol. The number of hydrazone groups is 1. The molecular formula is C15H17N7O4S. The zero-order chi connectivity index (χ0) is 19.0. The van der Waals surface area contributed by atoms with Crippen molar-refractivity contribution in [2.75, 3.05) is 17.8 Å². The zero-order valence-corrected chi connectivity index (χ0v) is 14.7. The Morgan fingerprint density at radius 1 is 1.37 bits per heavy atom. The Kier molecular flexibility index (Phi) is 4.72. The van der Waals surface area contributed by atoms with Crippen molar-refractivity contribution in [2.45, 2.75) is 24.5 Å². The van der Waals surface area contributed by atoms with Crippen molar-refractivity contribution in [2.24, 2.45) is 5.10 Å². The number of nitrogen functional groups attached to an aromatic ring is 1. The van der Waals surface area contributed by atoms with E-state index in [4.69, 9.17) is 10.5 Å². The number of ether oxygens (including phenoxy) is 1. The molecule has 3 aromatic heterocycles. The SMILES string of the molecule is Nc1ncnc2c1nc(NN=Cc1cccs1)n2[C@H]1O[C@@H](CO)[C@@H](O)[C@H]1O. The second kappa shape index (κ2) is 7.17. The van der Waals surface area contributed by atoms with Gasteiger partial charge in [-0.15, -0.1) is 11.3 Å². The molecule has 1 aliphatic rings. The van der Waals surface area contributed by atoms with Crippen LogP contribution in [-0.2, 0) is 4.74 Å². The molecule has 0 amide bonds. The van der Waals surface area contributed by atoms with Crippen LogP contribution in [0.2, 0.25) is 0 Å². The second-order valence-electron chi connectivity index (χ2n) is 5.85. The van der Waals surface area contributed by atoms with E-state index in [2.05, 4.69) is 25.5 Å². The fraction of sp³-hybridized carbons (Fsp3) is 0.333. The fourth-order valence-corrected chi connectivity index (χ4v) is 3.44. The van der Waals surface area contributed by atoms with Crippen LogP contribution in [0.5, 0.6) is 0 Å². The van der Waals surface area contributed by atoms with E-state index in [1.165, 1.54) is 22.2 Å². The number of nitrogens with one attached hydrogen (secondary N) is 1. The van der Waals surface area contributed by atoms with Gasteiger partial charge in [0.2, 0.25) is 5.95 Å². The molecule has 4 heterocycles. The van der Waals surface area contributed by atoms with Gasteiger partial charge in [0.1, 0.15) is 24.6 Å². The Balaban J connectivity index is 1.74. The number of aliphatic hydroxyl groups is 3. The number of rotatable bonds is 5. The molecule has 0 bridgehead atoms. The zero-order valence-electron chi connectivity index (χ0n) is 13.9. The standard InChI is InChI=1S/C15H17N7O4S/c16-12-9-13(18-6-17-12)22(14-11(25)10(24)8(5-23)26-14)15(20-9)21-19-4-7-2-1-3-27-7/h1-4,6,8,10-11,14,23-25H,5H2,(H,20,21)(H2,16,17,18)/t8-,10+,11+,14-/m0/s1. The summed E-state index contributed by atoms with van der Waals surface area (Å²) >= 11 is 1.51. The van der Waals surface area contributed by atoms with Gasteiger partial charge in [-0.3, -0.25) is 4.57 Å². The van der Waals surface area contributed by atoms with Gasteiger partial charge in [-0.2, -0.15) is 5.10 Å². The van der Waals surface area contributed by atoms with Crippen molar-refractivity contribution >= 4 is 40.5 Å². The Morgan fingerprint density at radius 2 is 2.22 bits per heavy atom. The first-order valence-electron chi connectivity index (χ1n) is 8.03. The highest BCUT2D eigenvalue weighted by molar-refractivity contribution is 7.11. The van der Waals surface area contributed by atoms with E-state index in [-0.39, 0.29) is 11.8 Å². The minimum absolute atomic E-state index is 0.149. The molecule has 4 atom stereocenters. The number of anilines is 2. The van der Waals surface area contributed by atoms with Gasteiger partial charge >= 0.3 is 0 Å². The quantitative estimate of drug-likeness (QED) is 0.285. The minimum atomic E-state index is -1.31. The molecule has 0 spiro atoms. The van der Waals surface area contributed by atoms with Crippen LogP contribution in [-0.4, -0.2) is 66.0 Å². The molecule has 0 aliphatic carbocycles. The lowest BCUT2D eigenvalue weighted by molar-refractivity contribution is -0.0501. The third-order valence-corrected chi connectivity index (χ3v) is 4.98. The maximum absolute atomic E-state index is 10.4. The van der Waals surface area contributed by atoms with Crippen LogP contribution in [0.3, 0.4) is 0 Å². The molecular weight excluding hydrogens is 374 g/mol. The highest BCUT2D eigenvalue weighted by Gasteiger charge is 2.45. The fourth-order valence-electron chi connectivity index (χ4n) is 2.86. The van der Waals surface area contributed by atoms with Crippen molar-refractivity contribution in [3.8, 4) is 0 Å². The van der Waals surface area contributed by atoms with Crippen molar-refractivity contribution in [3.05, 3.63) is 28.7 Å². The van der Waals surface area contributed by atoms with Crippen LogP contribution in [0.4, 0.5) is 11.8 Å². The number of imidazole rings is 1. The van der Waals surface area contributed by atoms with Gasteiger partial charge in [-0.1, -0.05) is 6.07 Å². The van der Waals surface area contributed by atoms with E-state index in [0.717, 1.165) is 4.88 Å². The second-order valence-corrected chi connectivity index (χ2v) is 6.83. The van der Waals surface area contributed by atoms with Crippen LogP contribution in [0.1, 0.15) is 11.1 Å². The van der Waals surface area contributed by atoms with Gasteiger partial charge in [0.25, 0.3) is 0 Å². The number of nitrogens with zero attached hydrogens (tertiary/aromatic N) is 5. The first-order chi connectivity index (χ1) is 13.1. The Morgan fingerprint density at radius 3 is 2.93 bits per heavy atom. The van der Waals surface area contributed by atoms with E-state index >= 15 is 0 Å². The lowest BCUT2D eigenvalue weighted by Crippen LogP contribution is -2.33. The topological polar surface area (TPSA) is 164 Å². The molecule has 1 saturated heterocycles. The molecule has 27 heavy (non-hydrogen) atoms. The van der Waals surface area contributed by atoms with Crippen molar-refractivity contribution in [1.82, 2.24) is 19.5 Å². The number of aliphatic hydroxyl groups excluding tert-OH is 3. The molecule has 6 N–H and O–H groups in total. The molecule has 0 aromatic carbocycles. The van der Waals surface area contributed by atoms with Crippen LogP contribution in [0.15, 0.2) is 28.9 Å². The van der Waals surface area contributed by atoms with Crippen LogP contribution in [0.25, 0.3) is 11.2 Å². The Hall–Kier alpha value is -2.64. The highest BCUT2D eigenvalue weighted by atomic mass is 32.1. The normalized spacial score (nSPS) is 25.6. The van der Waals surface area contributed by atoms with Crippen molar-refractivity contribution in [1.29, 1.82) is 0 Å². The summed E-state index contributed by atoms with van der Waals surface area (Å²) in [4.78, 5) is 13.3. The van der Waals surface area contributed by atoms with Crippen LogP contribution < -0.4 is 11.2 Å². The van der Waals surface area contributed by atoms with Crippen molar-refractivity contribution < 1.29 is 20.1 Å². The monoisotopic (exact) mass is 391 g/mol. The maximum Gasteiger partial charge on any atom is 0.228 e. The molecule has 3 aromatic rings. The van der Waals surface area contributed by atoms with E-state index in [9.17, 15) is 15.3 Å². The van der Waals surface area contributed by atoms with E-state index in [1.807, 2.05) is 17.5 Å². The van der Waals surface area contributed by atoms with Gasteiger partial charge < -0.3 is 25.8 Å². The van der Waals surface area contributed by atoms with Gasteiger partial charge in [0.15, 0.2) is 23.2 Å². The summed E-state index contributed by atoms with van der Waals surface area (Å²) in [7, 11) is 0. The van der Waals surface area contributed by atoms with E-state index < -0.39 is 31.1 Å².